The molecular weight excluding hydrogens is 238 g/mol. The fourth-order valence-electron chi connectivity index (χ4n) is 1.95. The van der Waals surface area contributed by atoms with Crippen LogP contribution in [0.4, 0.5) is 4.79 Å². The maximum absolute atomic E-state index is 11.4. The average molecular weight is 259 g/mol. The van der Waals surface area contributed by atoms with Crippen molar-refractivity contribution in [2.75, 3.05) is 26.2 Å². The largest absolute Gasteiger partial charge is 0.480 e. The monoisotopic (exact) mass is 259 g/mol. The third-order valence-electron chi connectivity index (χ3n) is 3.11. The fourth-order valence-corrected chi connectivity index (χ4v) is 1.95. The highest BCUT2D eigenvalue weighted by Crippen LogP contribution is 2.10. The maximum Gasteiger partial charge on any atom is 0.328 e. The van der Waals surface area contributed by atoms with Gasteiger partial charge in [-0.05, 0) is 32.9 Å². The smallest absolute Gasteiger partial charge is 0.328 e. The molecule has 0 bridgehead atoms. The average Bonchev–Trinajstić information content (AvgIpc) is 2.86. The molecule has 0 radical (unpaired) electrons. The van der Waals surface area contributed by atoms with Crippen molar-refractivity contribution in [1.29, 1.82) is 0 Å². The highest BCUT2D eigenvalue weighted by molar-refractivity contribution is 5.82. The van der Waals surface area contributed by atoms with E-state index in [2.05, 4.69) is 15.5 Å². The molecule has 0 saturated carbocycles. The molecule has 2 amide bonds. The minimum atomic E-state index is -1.26. The quantitative estimate of drug-likeness (QED) is 0.501. The minimum absolute atomic E-state index is 0.232. The number of carboxylic acids is 1. The zero-order chi connectivity index (χ0) is 13.5. The van der Waals surface area contributed by atoms with Crippen molar-refractivity contribution >= 4 is 12.0 Å². The van der Waals surface area contributed by atoms with E-state index in [9.17, 15) is 9.59 Å². The predicted molar refractivity (Wildman–Crippen MR) is 65.3 cm³/mol. The molecule has 4 N–H and O–H groups in total. The van der Waals surface area contributed by atoms with E-state index in [4.69, 9.17) is 10.2 Å². The Kier molecular flexibility index (Phi) is 5.87. The lowest BCUT2D eigenvalue weighted by atomic mass is 10.3. The summed E-state index contributed by atoms with van der Waals surface area (Å²) in [5.41, 5.74) is 0. The molecule has 0 spiro atoms. The first-order valence-corrected chi connectivity index (χ1v) is 6.16. The zero-order valence-corrected chi connectivity index (χ0v) is 10.6. The lowest BCUT2D eigenvalue weighted by Crippen LogP contribution is -2.50. The second-order valence-corrected chi connectivity index (χ2v) is 4.52. The SMILES string of the molecule is CC(CNC(=O)N[C@@H](CO)C(=O)O)N1CCCC1. The normalized spacial score (nSPS) is 19.2. The molecule has 1 unspecified atom stereocenters. The molecule has 1 aliphatic rings. The van der Waals surface area contributed by atoms with E-state index in [0.29, 0.717) is 6.54 Å². The zero-order valence-electron chi connectivity index (χ0n) is 10.6. The first-order valence-electron chi connectivity index (χ1n) is 6.16. The summed E-state index contributed by atoms with van der Waals surface area (Å²) in [4.78, 5) is 24.3. The van der Waals surface area contributed by atoms with Gasteiger partial charge in [-0.3, -0.25) is 4.90 Å². The molecule has 1 aliphatic heterocycles. The van der Waals surface area contributed by atoms with Gasteiger partial charge in [-0.2, -0.15) is 0 Å². The summed E-state index contributed by atoms with van der Waals surface area (Å²) in [5, 5.41) is 22.2. The van der Waals surface area contributed by atoms with E-state index >= 15 is 0 Å². The van der Waals surface area contributed by atoms with E-state index in [-0.39, 0.29) is 6.04 Å². The number of aliphatic hydroxyl groups excluding tert-OH is 1. The van der Waals surface area contributed by atoms with Crippen LogP contribution in [0.2, 0.25) is 0 Å². The van der Waals surface area contributed by atoms with Crippen molar-refractivity contribution < 1.29 is 19.8 Å². The molecule has 1 heterocycles. The Morgan fingerprint density at radius 1 is 1.33 bits per heavy atom. The summed E-state index contributed by atoms with van der Waals surface area (Å²) in [6, 6.07) is -1.59. The minimum Gasteiger partial charge on any atom is -0.480 e. The van der Waals surface area contributed by atoms with Gasteiger partial charge in [-0.25, -0.2) is 9.59 Å². The van der Waals surface area contributed by atoms with Crippen LogP contribution in [0.3, 0.4) is 0 Å². The number of carbonyl (C=O) groups excluding carboxylic acids is 1. The van der Waals surface area contributed by atoms with Gasteiger partial charge in [0.2, 0.25) is 0 Å². The molecule has 7 nitrogen and oxygen atoms in total. The van der Waals surface area contributed by atoms with Gasteiger partial charge < -0.3 is 20.8 Å². The molecule has 1 saturated heterocycles. The molecule has 1 rings (SSSR count). The van der Waals surface area contributed by atoms with Crippen molar-refractivity contribution in [3.05, 3.63) is 0 Å². The third-order valence-corrected chi connectivity index (χ3v) is 3.11. The fraction of sp³-hybridized carbons (Fsp3) is 0.818. The number of likely N-dealkylation sites (tertiary alicyclic amines) is 1. The van der Waals surface area contributed by atoms with Crippen LogP contribution in [0.5, 0.6) is 0 Å². The number of hydrogen-bond donors (Lipinski definition) is 4. The summed E-state index contributed by atoms with van der Waals surface area (Å²) < 4.78 is 0. The highest BCUT2D eigenvalue weighted by atomic mass is 16.4. The van der Waals surface area contributed by atoms with Crippen LogP contribution in [0.1, 0.15) is 19.8 Å². The molecule has 1 fully saturated rings. The molecular formula is C11H21N3O4. The van der Waals surface area contributed by atoms with Crippen molar-refractivity contribution in [3.63, 3.8) is 0 Å². The second-order valence-electron chi connectivity index (χ2n) is 4.52. The van der Waals surface area contributed by atoms with Gasteiger partial charge in [0, 0.05) is 12.6 Å². The molecule has 0 aromatic carbocycles. The number of nitrogens with zero attached hydrogens (tertiary/aromatic N) is 1. The van der Waals surface area contributed by atoms with Crippen LogP contribution in [0, 0.1) is 0 Å². The van der Waals surface area contributed by atoms with E-state index in [1.165, 1.54) is 12.8 Å². The number of carbonyl (C=O) groups is 2. The number of hydrogen-bond acceptors (Lipinski definition) is 4. The number of amides is 2. The standard InChI is InChI=1S/C11H21N3O4/c1-8(14-4-2-3-5-14)6-12-11(18)13-9(7-15)10(16)17/h8-9,15H,2-7H2,1H3,(H,16,17)(H2,12,13,18)/t8?,9-/m0/s1. The molecule has 0 aromatic rings. The lowest BCUT2D eigenvalue weighted by Gasteiger charge is -2.24. The summed E-state index contributed by atoms with van der Waals surface area (Å²) in [6.07, 6.45) is 2.37. The summed E-state index contributed by atoms with van der Waals surface area (Å²) in [5.74, 6) is -1.25. The van der Waals surface area contributed by atoms with Crippen LogP contribution < -0.4 is 10.6 Å². The Labute approximate surface area is 106 Å². The van der Waals surface area contributed by atoms with Gasteiger partial charge in [0.05, 0.1) is 6.61 Å². The number of aliphatic hydroxyl groups is 1. The van der Waals surface area contributed by atoms with Crippen LogP contribution in [-0.2, 0) is 4.79 Å². The van der Waals surface area contributed by atoms with Gasteiger partial charge in [0.15, 0.2) is 6.04 Å². The molecule has 7 heteroatoms. The number of urea groups is 1. The van der Waals surface area contributed by atoms with E-state index in [1.54, 1.807) is 0 Å². The number of nitrogens with one attached hydrogen (secondary N) is 2. The Morgan fingerprint density at radius 3 is 2.44 bits per heavy atom. The van der Waals surface area contributed by atoms with Gasteiger partial charge in [-0.15, -0.1) is 0 Å². The Balaban J connectivity index is 2.25. The Bertz CT molecular complexity index is 292. The van der Waals surface area contributed by atoms with E-state index < -0.39 is 24.6 Å². The third kappa shape index (κ3) is 4.50. The van der Waals surface area contributed by atoms with E-state index in [0.717, 1.165) is 13.1 Å². The second kappa shape index (κ2) is 7.17. The van der Waals surface area contributed by atoms with E-state index in [1.807, 2.05) is 6.92 Å². The first-order chi connectivity index (χ1) is 8.54. The number of carboxylic acid groups (broad SMARTS) is 1. The summed E-state index contributed by atoms with van der Waals surface area (Å²) >= 11 is 0. The lowest BCUT2D eigenvalue weighted by molar-refractivity contribution is -0.140. The van der Waals surface area contributed by atoms with Gasteiger partial charge in [0.1, 0.15) is 0 Å². The van der Waals surface area contributed by atoms with Crippen LogP contribution >= 0.6 is 0 Å². The van der Waals surface area contributed by atoms with Crippen molar-refractivity contribution in [2.24, 2.45) is 0 Å². The number of aliphatic carboxylic acids is 1. The van der Waals surface area contributed by atoms with Crippen molar-refractivity contribution in [1.82, 2.24) is 15.5 Å². The summed E-state index contributed by atoms with van der Waals surface area (Å²) in [6.45, 7) is 3.94. The van der Waals surface area contributed by atoms with Crippen LogP contribution in [-0.4, -0.2) is 65.4 Å². The highest BCUT2D eigenvalue weighted by Gasteiger charge is 2.21. The molecule has 0 aliphatic carbocycles. The van der Waals surface area contributed by atoms with Gasteiger partial charge in [0.25, 0.3) is 0 Å². The predicted octanol–water partition coefficient (Wildman–Crippen LogP) is -0.785. The van der Waals surface area contributed by atoms with Crippen molar-refractivity contribution in [2.45, 2.75) is 31.8 Å². The Morgan fingerprint density at radius 2 is 1.94 bits per heavy atom. The van der Waals surface area contributed by atoms with Gasteiger partial charge >= 0.3 is 12.0 Å². The first kappa shape index (κ1) is 14.7. The van der Waals surface area contributed by atoms with Crippen molar-refractivity contribution in [3.8, 4) is 0 Å². The maximum atomic E-state index is 11.4. The van der Waals surface area contributed by atoms with Crippen LogP contribution in [0.15, 0.2) is 0 Å². The number of rotatable bonds is 6. The van der Waals surface area contributed by atoms with Crippen LogP contribution in [0.25, 0.3) is 0 Å². The molecule has 104 valence electrons. The molecule has 18 heavy (non-hydrogen) atoms. The summed E-state index contributed by atoms with van der Waals surface area (Å²) in [7, 11) is 0. The van der Waals surface area contributed by atoms with Gasteiger partial charge in [-0.1, -0.05) is 0 Å². The topological polar surface area (TPSA) is 102 Å². The molecule has 0 aromatic heterocycles. The Hall–Kier alpha value is -1.34. The molecule has 2 atom stereocenters.